The molecule has 0 heterocycles. The third-order valence-corrected chi connectivity index (χ3v) is 4.86. The summed E-state index contributed by atoms with van der Waals surface area (Å²) in [6.07, 6.45) is 2.91. The lowest BCUT2D eigenvalue weighted by Crippen LogP contribution is -2.18. The summed E-state index contributed by atoms with van der Waals surface area (Å²) in [6, 6.07) is 15.5. The molecule has 0 saturated heterocycles. The van der Waals surface area contributed by atoms with Gasteiger partial charge in [-0.25, -0.2) is 4.79 Å². The van der Waals surface area contributed by atoms with Gasteiger partial charge in [0.25, 0.3) is 0 Å². The van der Waals surface area contributed by atoms with Crippen LogP contribution in [0.4, 0.5) is 0 Å². The molecule has 0 aliphatic heterocycles. The lowest BCUT2D eigenvalue weighted by Gasteiger charge is -2.20. The Balaban J connectivity index is 1.93. The molecule has 4 heteroatoms. The summed E-state index contributed by atoms with van der Waals surface area (Å²) in [5.74, 6) is -1.20. The standard InChI is InChI=1S/C24H30O4/c1-17(25)28-22(15-9-18-5-11-20(12-6-18)23(26)27)16-10-19-7-13-21(14-8-19)24(2,3)4/h5-8,11-14,22H,9-10,15-16H2,1-4H3,(H,26,27). The fourth-order valence-corrected chi connectivity index (χ4v) is 3.14. The van der Waals surface area contributed by atoms with E-state index in [0.29, 0.717) is 6.42 Å². The van der Waals surface area contributed by atoms with Crippen molar-refractivity contribution in [3.05, 3.63) is 70.8 Å². The molecule has 2 aromatic rings. The van der Waals surface area contributed by atoms with Gasteiger partial charge < -0.3 is 9.84 Å². The van der Waals surface area contributed by atoms with Crippen LogP contribution in [0.15, 0.2) is 48.5 Å². The molecule has 0 aliphatic rings. The first-order valence-corrected chi connectivity index (χ1v) is 9.74. The van der Waals surface area contributed by atoms with Gasteiger partial charge in [0.2, 0.25) is 0 Å². The van der Waals surface area contributed by atoms with Crippen molar-refractivity contribution in [1.82, 2.24) is 0 Å². The quantitative estimate of drug-likeness (QED) is 0.639. The molecule has 0 fully saturated rings. The molecule has 0 spiro atoms. The first-order chi connectivity index (χ1) is 13.1. The van der Waals surface area contributed by atoms with E-state index < -0.39 is 5.97 Å². The number of carboxylic acid groups (broad SMARTS) is 1. The van der Waals surface area contributed by atoms with Gasteiger partial charge in [-0.2, -0.15) is 0 Å². The Morgan fingerprint density at radius 2 is 1.36 bits per heavy atom. The number of esters is 1. The van der Waals surface area contributed by atoms with Crippen molar-refractivity contribution in [2.45, 2.75) is 64.9 Å². The zero-order chi connectivity index (χ0) is 20.7. The van der Waals surface area contributed by atoms with E-state index >= 15 is 0 Å². The summed E-state index contributed by atoms with van der Waals surface area (Å²) in [6.45, 7) is 8.03. The minimum absolute atomic E-state index is 0.134. The van der Waals surface area contributed by atoms with E-state index in [9.17, 15) is 9.59 Å². The molecule has 0 aromatic heterocycles. The van der Waals surface area contributed by atoms with E-state index in [0.717, 1.165) is 24.8 Å². The molecule has 1 unspecified atom stereocenters. The van der Waals surface area contributed by atoms with Crippen LogP contribution in [0.3, 0.4) is 0 Å². The van der Waals surface area contributed by atoms with Crippen molar-refractivity contribution >= 4 is 11.9 Å². The van der Waals surface area contributed by atoms with Gasteiger partial charge in [-0.15, -0.1) is 0 Å². The highest BCUT2D eigenvalue weighted by molar-refractivity contribution is 5.87. The Hall–Kier alpha value is -2.62. The molecular formula is C24H30O4. The van der Waals surface area contributed by atoms with Crippen molar-refractivity contribution in [1.29, 1.82) is 0 Å². The molecule has 0 radical (unpaired) electrons. The average Bonchev–Trinajstić information content (AvgIpc) is 2.63. The van der Waals surface area contributed by atoms with Crippen molar-refractivity contribution in [3.8, 4) is 0 Å². The molecule has 0 saturated carbocycles. The normalized spacial score (nSPS) is 12.4. The molecule has 28 heavy (non-hydrogen) atoms. The van der Waals surface area contributed by atoms with Crippen molar-refractivity contribution in [3.63, 3.8) is 0 Å². The highest BCUT2D eigenvalue weighted by atomic mass is 16.5. The molecule has 150 valence electrons. The number of hydrogen-bond donors (Lipinski definition) is 1. The average molecular weight is 383 g/mol. The monoisotopic (exact) mass is 382 g/mol. The van der Waals surface area contributed by atoms with Crippen molar-refractivity contribution in [2.75, 3.05) is 0 Å². The number of hydrogen-bond acceptors (Lipinski definition) is 3. The predicted octanol–water partition coefficient (Wildman–Crippen LogP) is 5.18. The molecular weight excluding hydrogens is 352 g/mol. The largest absolute Gasteiger partial charge is 0.478 e. The molecule has 4 nitrogen and oxygen atoms in total. The number of carbonyl (C=O) groups excluding carboxylic acids is 1. The zero-order valence-electron chi connectivity index (χ0n) is 17.2. The lowest BCUT2D eigenvalue weighted by molar-refractivity contribution is -0.146. The summed E-state index contributed by atoms with van der Waals surface area (Å²) in [5, 5.41) is 8.98. The number of rotatable bonds is 8. The summed E-state index contributed by atoms with van der Waals surface area (Å²) in [5.41, 5.74) is 3.99. The van der Waals surface area contributed by atoms with Crippen LogP contribution in [0.5, 0.6) is 0 Å². The van der Waals surface area contributed by atoms with Crippen molar-refractivity contribution < 1.29 is 19.4 Å². The van der Waals surface area contributed by atoms with Gasteiger partial charge in [0.15, 0.2) is 0 Å². The third kappa shape index (κ3) is 6.84. The molecule has 1 atom stereocenters. The van der Waals surface area contributed by atoms with Gasteiger partial charge >= 0.3 is 11.9 Å². The second-order valence-corrected chi connectivity index (χ2v) is 8.26. The maximum atomic E-state index is 11.5. The topological polar surface area (TPSA) is 63.6 Å². The van der Waals surface area contributed by atoms with E-state index in [1.165, 1.54) is 18.1 Å². The first kappa shape index (κ1) is 21.7. The van der Waals surface area contributed by atoms with Gasteiger partial charge in [0, 0.05) is 6.92 Å². The summed E-state index contributed by atoms with van der Waals surface area (Å²) < 4.78 is 5.50. The van der Waals surface area contributed by atoms with Gasteiger partial charge in [0.1, 0.15) is 6.10 Å². The second kappa shape index (κ2) is 9.54. The Kier molecular flexibility index (Phi) is 7.38. The van der Waals surface area contributed by atoms with E-state index in [1.807, 2.05) is 12.1 Å². The molecule has 2 rings (SSSR count). The number of aryl methyl sites for hydroxylation is 2. The smallest absolute Gasteiger partial charge is 0.335 e. The summed E-state index contributed by atoms with van der Waals surface area (Å²) >= 11 is 0. The molecule has 0 amide bonds. The number of carbonyl (C=O) groups is 2. The van der Waals surface area contributed by atoms with Crippen LogP contribution in [0.2, 0.25) is 0 Å². The minimum atomic E-state index is -0.929. The lowest BCUT2D eigenvalue weighted by atomic mass is 9.86. The van der Waals surface area contributed by atoms with Crippen LogP contribution in [-0.4, -0.2) is 23.1 Å². The third-order valence-electron chi connectivity index (χ3n) is 4.86. The van der Waals surface area contributed by atoms with E-state index in [4.69, 9.17) is 9.84 Å². The van der Waals surface area contributed by atoms with Crippen LogP contribution < -0.4 is 0 Å². The van der Waals surface area contributed by atoms with Crippen LogP contribution >= 0.6 is 0 Å². The maximum Gasteiger partial charge on any atom is 0.335 e. The molecule has 0 bridgehead atoms. The number of aromatic carboxylic acids is 1. The number of ether oxygens (including phenoxy) is 1. The van der Waals surface area contributed by atoms with E-state index in [-0.39, 0.29) is 23.1 Å². The zero-order valence-corrected chi connectivity index (χ0v) is 17.2. The minimum Gasteiger partial charge on any atom is -0.478 e. The highest BCUT2D eigenvalue weighted by Gasteiger charge is 2.15. The number of carboxylic acids is 1. The van der Waals surface area contributed by atoms with Crippen LogP contribution in [0.1, 0.15) is 67.6 Å². The van der Waals surface area contributed by atoms with Gasteiger partial charge in [-0.05, 0) is 59.9 Å². The Morgan fingerprint density at radius 1 is 0.893 bits per heavy atom. The second-order valence-electron chi connectivity index (χ2n) is 8.26. The Morgan fingerprint density at radius 3 is 1.75 bits per heavy atom. The summed E-state index contributed by atoms with van der Waals surface area (Å²) in [4.78, 5) is 22.4. The van der Waals surface area contributed by atoms with E-state index in [1.54, 1.807) is 12.1 Å². The highest BCUT2D eigenvalue weighted by Crippen LogP contribution is 2.23. The van der Waals surface area contributed by atoms with Crippen LogP contribution in [0.25, 0.3) is 0 Å². The van der Waals surface area contributed by atoms with Crippen molar-refractivity contribution in [2.24, 2.45) is 0 Å². The summed E-state index contributed by atoms with van der Waals surface area (Å²) in [7, 11) is 0. The van der Waals surface area contributed by atoms with E-state index in [2.05, 4.69) is 45.0 Å². The van der Waals surface area contributed by atoms with Crippen LogP contribution in [-0.2, 0) is 27.8 Å². The SMILES string of the molecule is CC(=O)OC(CCc1ccc(C(=O)O)cc1)CCc1ccc(C(C)(C)C)cc1. The first-order valence-electron chi connectivity index (χ1n) is 9.74. The van der Waals surface area contributed by atoms with Gasteiger partial charge in [0.05, 0.1) is 5.56 Å². The fraction of sp³-hybridized carbons (Fsp3) is 0.417. The predicted molar refractivity (Wildman–Crippen MR) is 111 cm³/mol. The molecule has 0 aliphatic carbocycles. The fourth-order valence-electron chi connectivity index (χ4n) is 3.14. The molecule has 2 aromatic carbocycles. The maximum absolute atomic E-state index is 11.5. The van der Waals surface area contributed by atoms with Gasteiger partial charge in [-0.3, -0.25) is 4.79 Å². The number of benzene rings is 2. The Labute approximate surface area is 167 Å². The Bertz CT molecular complexity index is 783. The van der Waals surface area contributed by atoms with Crippen LogP contribution in [0, 0.1) is 0 Å². The molecule has 1 N–H and O–H groups in total. The van der Waals surface area contributed by atoms with Gasteiger partial charge in [-0.1, -0.05) is 57.2 Å².